The normalized spacial score (nSPS) is 12.6. The molecule has 2 N–H and O–H groups in total. The fraction of sp³-hybridized carbons (Fsp3) is 0.409. The Hall–Kier alpha value is -2.73. The van der Waals surface area contributed by atoms with Gasteiger partial charge in [0.25, 0.3) is 0 Å². The van der Waals surface area contributed by atoms with Crippen molar-refractivity contribution in [1.29, 1.82) is 0 Å². The van der Waals surface area contributed by atoms with Gasteiger partial charge in [-0.2, -0.15) is 0 Å². The average Bonchev–Trinajstić information content (AvgIpc) is 2.73. The van der Waals surface area contributed by atoms with Crippen LogP contribution in [0.1, 0.15) is 17.2 Å². The van der Waals surface area contributed by atoms with E-state index in [9.17, 15) is 0 Å². The number of rotatable bonds is 9. The first kappa shape index (κ1) is 21.6. The molecule has 2 rings (SSSR count). The summed E-state index contributed by atoms with van der Waals surface area (Å²) in [6.07, 6.45) is 0.911. The lowest BCUT2D eigenvalue weighted by molar-refractivity contribution is 0.288. The number of hydrogen-bond donors (Lipinski definition) is 2. The molecule has 2 aromatic carbocycles. The summed E-state index contributed by atoms with van der Waals surface area (Å²) >= 11 is 0. The number of nitrogens with one attached hydrogen (secondary N) is 2. The second-order valence-electron chi connectivity index (χ2n) is 6.70. The molecule has 1 atom stereocenters. The first-order chi connectivity index (χ1) is 13.6. The van der Waals surface area contributed by atoms with Crippen LogP contribution in [0.15, 0.2) is 53.5 Å². The van der Waals surface area contributed by atoms with E-state index in [1.807, 2.05) is 30.3 Å². The average molecular weight is 385 g/mol. The Bertz CT molecular complexity index is 744. The number of para-hydroxylation sites is 1. The summed E-state index contributed by atoms with van der Waals surface area (Å²) in [6.45, 7) is 1.52. The molecule has 1 unspecified atom stereocenters. The summed E-state index contributed by atoms with van der Waals surface area (Å²) in [5.74, 6) is 2.56. The van der Waals surface area contributed by atoms with Crippen molar-refractivity contribution in [3.05, 3.63) is 59.7 Å². The molecule has 0 aliphatic carbocycles. The maximum Gasteiger partial charge on any atom is 0.191 e. The highest BCUT2D eigenvalue weighted by Gasteiger charge is 2.18. The Kier molecular flexibility index (Phi) is 8.62. The molecule has 0 radical (unpaired) electrons. The van der Waals surface area contributed by atoms with Crippen LogP contribution in [0.4, 0.5) is 0 Å². The van der Waals surface area contributed by atoms with Crippen LogP contribution in [-0.4, -0.2) is 59.3 Å². The molecule has 0 spiro atoms. The minimum absolute atomic E-state index is 0.163. The zero-order chi connectivity index (χ0) is 20.4. The van der Waals surface area contributed by atoms with Crippen LogP contribution in [0.3, 0.4) is 0 Å². The molecule has 0 bridgehead atoms. The number of nitrogens with zero attached hydrogens (tertiary/aromatic N) is 2. The number of methoxy groups -OCH3 is 2. The van der Waals surface area contributed by atoms with Crippen LogP contribution in [0.25, 0.3) is 0 Å². The van der Waals surface area contributed by atoms with Crippen LogP contribution in [-0.2, 0) is 6.42 Å². The lowest BCUT2D eigenvalue weighted by Crippen LogP contribution is -2.42. The van der Waals surface area contributed by atoms with Crippen LogP contribution in [0.2, 0.25) is 0 Å². The third kappa shape index (κ3) is 6.16. The highest BCUT2D eigenvalue weighted by molar-refractivity contribution is 5.79. The summed E-state index contributed by atoms with van der Waals surface area (Å²) in [5, 5.41) is 6.81. The Morgan fingerprint density at radius 1 is 1.00 bits per heavy atom. The molecule has 0 fully saturated rings. The summed E-state index contributed by atoms with van der Waals surface area (Å²) in [5.41, 5.74) is 2.40. The van der Waals surface area contributed by atoms with Crippen molar-refractivity contribution < 1.29 is 9.47 Å². The maximum absolute atomic E-state index is 5.53. The van der Waals surface area contributed by atoms with E-state index in [4.69, 9.17) is 9.47 Å². The first-order valence-corrected chi connectivity index (χ1v) is 9.45. The Morgan fingerprint density at radius 3 is 2.32 bits per heavy atom. The third-order valence-corrected chi connectivity index (χ3v) is 4.67. The summed E-state index contributed by atoms with van der Waals surface area (Å²) in [6, 6.07) is 16.4. The highest BCUT2D eigenvalue weighted by Crippen LogP contribution is 2.27. The highest BCUT2D eigenvalue weighted by atomic mass is 16.5. The fourth-order valence-corrected chi connectivity index (χ4v) is 3.04. The monoisotopic (exact) mass is 384 g/mol. The summed E-state index contributed by atoms with van der Waals surface area (Å²) in [7, 11) is 9.31. The molecule has 6 nitrogen and oxygen atoms in total. The zero-order valence-electron chi connectivity index (χ0n) is 17.5. The molecule has 0 saturated heterocycles. The SMILES string of the molecule is CN=C(NCCc1ccc(OC)cc1)NCC(c1ccccc1OC)N(C)C. The van der Waals surface area contributed by atoms with E-state index in [1.165, 1.54) is 5.56 Å². The van der Waals surface area contributed by atoms with E-state index in [0.717, 1.165) is 42.5 Å². The van der Waals surface area contributed by atoms with E-state index in [1.54, 1.807) is 21.3 Å². The topological polar surface area (TPSA) is 58.1 Å². The molecule has 0 aliphatic rings. The molecule has 0 aromatic heterocycles. The molecular weight excluding hydrogens is 352 g/mol. The van der Waals surface area contributed by atoms with Gasteiger partial charge < -0.3 is 25.0 Å². The van der Waals surface area contributed by atoms with Gasteiger partial charge in [-0.05, 0) is 44.3 Å². The maximum atomic E-state index is 5.53. The number of aliphatic imine (C=N–C) groups is 1. The van der Waals surface area contributed by atoms with Crippen molar-refractivity contribution in [2.45, 2.75) is 12.5 Å². The molecule has 0 aliphatic heterocycles. The van der Waals surface area contributed by atoms with Gasteiger partial charge in [0.05, 0.1) is 20.3 Å². The predicted molar refractivity (Wildman–Crippen MR) is 115 cm³/mol. The van der Waals surface area contributed by atoms with Crippen molar-refractivity contribution in [3.8, 4) is 11.5 Å². The standard InChI is InChI=1S/C22H32N4O2/c1-23-22(24-15-14-17-10-12-18(27-4)13-11-17)25-16-20(26(2)3)19-8-6-7-9-21(19)28-5/h6-13,20H,14-16H2,1-5H3,(H2,23,24,25). The van der Waals surface area contributed by atoms with Crippen molar-refractivity contribution in [3.63, 3.8) is 0 Å². The van der Waals surface area contributed by atoms with Crippen LogP contribution < -0.4 is 20.1 Å². The van der Waals surface area contributed by atoms with Crippen LogP contribution >= 0.6 is 0 Å². The molecular formula is C22H32N4O2. The molecule has 2 aromatic rings. The molecule has 0 amide bonds. The first-order valence-electron chi connectivity index (χ1n) is 9.45. The van der Waals surface area contributed by atoms with E-state index < -0.39 is 0 Å². The molecule has 6 heteroatoms. The fourth-order valence-electron chi connectivity index (χ4n) is 3.04. The largest absolute Gasteiger partial charge is 0.497 e. The molecule has 0 saturated carbocycles. The Balaban J connectivity index is 1.90. The summed E-state index contributed by atoms with van der Waals surface area (Å²) in [4.78, 5) is 6.51. The van der Waals surface area contributed by atoms with E-state index in [0.29, 0.717) is 0 Å². The van der Waals surface area contributed by atoms with Crippen molar-refractivity contribution in [1.82, 2.24) is 15.5 Å². The molecule has 0 heterocycles. The van der Waals surface area contributed by atoms with Gasteiger partial charge in [-0.3, -0.25) is 4.99 Å². The number of likely N-dealkylation sites (N-methyl/N-ethyl adjacent to an activating group) is 1. The quantitative estimate of drug-likeness (QED) is 0.514. The Labute approximate surface area is 168 Å². The molecule has 152 valence electrons. The Morgan fingerprint density at radius 2 is 1.71 bits per heavy atom. The predicted octanol–water partition coefficient (Wildman–Crippen LogP) is 2.71. The van der Waals surface area contributed by atoms with E-state index in [-0.39, 0.29) is 6.04 Å². The lowest BCUT2D eigenvalue weighted by atomic mass is 10.0. The molecule has 28 heavy (non-hydrogen) atoms. The van der Waals surface area contributed by atoms with Gasteiger partial charge >= 0.3 is 0 Å². The zero-order valence-corrected chi connectivity index (χ0v) is 17.5. The smallest absolute Gasteiger partial charge is 0.191 e. The van der Waals surface area contributed by atoms with Gasteiger partial charge in [0.15, 0.2) is 5.96 Å². The van der Waals surface area contributed by atoms with E-state index in [2.05, 4.69) is 52.8 Å². The number of guanidine groups is 1. The minimum atomic E-state index is 0.163. The van der Waals surface area contributed by atoms with Crippen molar-refractivity contribution in [2.75, 3.05) is 48.5 Å². The second-order valence-corrected chi connectivity index (χ2v) is 6.70. The van der Waals surface area contributed by atoms with Gasteiger partial charge in [0.2, 0.25) is 0 Å². The number of ether oxygens (including phenoxy) is 2. The van der Waals surface area contributed by atoms with Gasteiger partial charge in [-0.25, -0.2) is 0 Å². The number of hydrogen-bond acceptors (Lipinski definition) is 4. The van der Waals surface area contributed by atoms with E-state index >= 15 is 0 Å². The lowest BCUT2D eigenvalue weighted by Gasteiger charge is -2.27. The third-order valence-electron chi connectivity index (χ3n) is 4.67. The van der Waals surface area contributed by atoms with Crippen molar-refractivity contribution in [2.24, 2.45) is 4.99 Å². The van der Waals surface area contributed by atoms with Crippen molar-refractivity contribution >= 4 is 5.96 Å². The summed E-state index contributed by atoms with van der Waals surface area (Å²) < 4.78 is 10.7. The minimum Gasteiger partial charge on any atom is -0.497 e. The second kappa shape index (κ2) is 11.2. The van der Waals surface area contributed by atoms with Gasteiger partial charge in [0, 0.05) is 25.7 Å². The van der Waals surface area contributed by atoms with Gasteiger partial charge in [0.1, 0.15) is 11.5 Å². The van der Waals surface area contributed by atoms with Gasteiger partial charge in [-0.15, -0.1) is 0 Å². The van der Waals surface area contributed by atoms with Crippen LogP contribution in [0.5, 0.6) is 11.5 Å². The number of benzene rings is 2. The van der Waals surface area contributed by atoms with Gasteiger partial charge in [-0.1, -0.05) is 30.3 Å². The van der Waals surface area contributed by atoms with Crippen LogP contribution in [0, 0.1) is 0 Å².